The monoisotopic (exact) mass is 341 g/mol. The van der Waals surface area contributed by atoms with Crippen LogP contribution in [0, 0.1) is 0 Å². The van der Waals surface area contributed by atoms with E-state index >= 15 is 0 Å². The summed E-state index contributed by atoms with van der Waals surface area (Å²) in [5, 5.41) is 2.67. The van der Waals surface area contributed by atoms with E-state index in [1.165, 1.54) is 0 Å². The highest BCUT2D eigenvalue weighted by molar-refractivity contribution is 5.95. The van der Waals surface area contributed by atoms with Crippen LogP contribution in [0.4, 0.5) is 5.69 Å². The summed E-state index contributed by atoms with van der Waals surface area (Å²) >= 11 is 0. The molecule has 0 saturated carbocycles. The summed E-state index contributed by atoms with van der Waals surface area (Å²) in [4.78, 5) is 23.9. The van der Waals surface area contributed by atoms with Gasteiger partial charge in [-0.2, -0.15) is 0 Å². The fourth-order valence-corrected chi connectivity index (χ4v) is 2.22. The summed E-state index contributed by atoms with van der Waals surface area (Å²) in [6.07, 6.45) is 0. The van der Waals surface area contributed by atoms with Gasteiger partial charge < -0.3 is 14.8 Å². The van der Waals surface area contributed by atoms with Gasteiger partial charge in [0.15, 0.2) is 6.61 Å². The van der Waals surface area contributed by atoms with Gasteiger partial charge in [0, 0.05) is 5.69 Å². The number of carbonyl (C=O) groups excluding carboxylic acids is 2. The first-order valence-corrected chi connectivity index (χ1v) is 8.29. The van der Waals surface area contributed by atoms with Gasteiger partial charge in [-0.3, -0.25) is 4.79 Å². The van der Waals surface area contributed by atoms with Gasteiger partial charge in [-0.15, -0.1) is 0 Å². The highest BCUT2D eigenvalue weighted by Crippen LogP contribution is 2.16. The van der Waals surface area contributed by atoms with E-state index in [9.17, 15) is 9.59 Å². The molecule has 5 heteroatoms. The average Bonchev–Trinajstić information content (AvgIpc) is 2.61. The van der Waals surface area contributed by atoms with Crippen LogP contribution in [0.15, 0.2) is 48.5 Å². The second-order valence-electron chi connectivity index (χ2n) is 5.86. The van der Waals surface area contributed by atoms with Crippen LogP contribution in [0.1, 0.15) is 42.6 Å². The number of carbonyl (C=O) groups is 2. The third-order valence-corrected chi connectivity index (χ3v) is 3.60. The van der Waals surface area contributed by atoms with Crippen LogP contribution in [-0.4, -0.2) is 25.1 Å². The number of esters is 1. The second kappa shape index (κ2) is 8.87. The highest BCUT2D eigenvalue weighted by atomic mass is 16.5. The molecule has 0 aliphatic rings. The first-order valence-electron chi connectivity index (χ1n) is 8.29. The molecule has 0 aliphatic carbocycles. The number of amides is 1. The van der Waals surface area contributed by atoms with E-state index < -0.39 is 11.9 Å². The lowest BCUT2D eigenvalue weighted by Crippen LogP contribution is -2.20. The van der Waals surface area contributed by atoms with Crippen LogP contribution in [0.2, 0.25) is 0 Å². The Balaban J connectivity index is 1.83. The van der Waals surface area contributed by atoms with E-state index in [0.717, 1.165) is 11.3 Å². The molecule has 2 rings (SSSR count). The van der Waals surface area contributed by atoms with E-state index in [4.69, 9.17) is 9.47 Å². The van der Waals surface area contributed by atoms with Gasteiger partial charge in [-0.25, -0.2) is 4.79 Å². The number of ether oxygens (including phenoxy) is 2. The van der Waals surface area contributed by atoms with E-state index in [0.29, 0.717) is 23.8 Å². The molecule has 1 amide bonds. The number of anilines is 1. The summed E-state index contributed by atoms with van der Waals surface area (Å²) < 4.78 is 10.4. The number of benzene rings is 2. The third-order valence-electron chi connectivity index (χ3n) is 3.60. The number of hydrogen-bond donors (Lipinski definition) is 1. The summed E-state index contributed by atoms with van der Waals surface area (Å²) in [5.74, 6) is 0.218. The Kier molecular flexibility index (Phi) is 6.57. The van der Waals surface area contributed by atoms with Crippen molar-refractivity contribution in [2.75, 3.05) is 18.5 Å². The lowest BCUT2D eigenvalue weighted by atomic mass is 10.0. The molecule has 2 aromatic carbocycles. The van der Waals surface area contributed by atoms with Gasteiger partial charge in [-0.1, -0.05) is 26.0 Å². The lowest BCUT2D eigenvalue weighted by Gasteiger charge is -2.09. The molecule has 0 radical (unpaired) electrons. The molecule has 25 heavy (non-hydrogen) atoms. The van der Waals surface area contributed by atoms with Crippen molar-refractivity contribution in [1.29, 1.82) is 0 Å². The number of hydrogen-bond acceptors (Lipinski definition) is 4. The van der Waals surface area contributed by atoms with Crippen molar-refractivity contribution in [3.63, 3.8) is 0 Å². The molecule has 2 aromatic rings. The molecular weight excluding hydrogens is 318 g/mol. The fourth-order valence-electron chi connectivity index (χ4n) is 2.22. The molecular formula is C20H23NO4. The Labute approximate surface area is 148 Å². The van der Waals surface area contributed by atoms with Gasteiger partial charge in [0.2, 0.25) is 0 Å². The molecule has 0 bridgehead atoms. The Hall–Kier alpha value is -2.82. The molecule has 0 fully saturated rings. The maximum absolute atomic E-state index is 12.0. The summed E-state index contributed by atoms with van der Waals surface area (Å²) in [6.45, 7) is 6.31. The van der Waals surface area contributed by atoms with Crippen molar-refractivity contribution in [1.82, 2.24) is 0 Å². The predicted octanol–water partition coefficient (Wildman–Crippen LogP) is 4.00. The first kappa shape index (κ1) is 18.5. The molecule has 0 spiro atoms. The van der Waals surface area contributed by atoms with Gasteiger partial charge in [0.1, 0.15) is 5.75 Å². The minimum absolute atomic E-state index is 0.335. The van der Waals surface area contributed by atoms with Crippen LogP contribution in [-0.2, 0) is 9.53 Å². The van der Waals surface area contributed by atoms with Crippen LogP contribution >= 0.6 is 0 Å². The van der Waals surface area contributed by atoms with Crippen molar-refractivity contribution < 1.29 is 19.1 Å². The van der Waals surface area contributed by atoms with E-state index in [1.54, 1.807) is 36.4 Å². The predicted molar refractivity (Wildman–Crippen MR) is 97.1 cm³/mol. The standard InChI is InChI=1S/C20H23NO4/c1-4-24-18-11-9-17(10-12-18)21-19(22)13-25-20(23)16-7-5-15(6-8-16)14(2)3/h5-12,14H,4,13H2,1-3H3,(H,21,22). The van der Waals surface area contributed by atoms with E-state index in [1.807, 2.05) is 19.1 Å². The number of nitrogens with one attached hydrogen (secondary N) is 1. The van der Waals surface area contributed by atoms with Crippen molar-refractivity contribution in [3.05, 3.63) is 59.7 Å². The summed E-state index contributed by atoms with van der Waals surface area (Å²) in [6, 6.07) is 14.2. The molecule has 132 valence electrons. The fraction of sp³-hybridized carbons (Fsp3) is 0.300. The van der Waals surface area contributed by atoms with Crippen LogP contribution in [0.25, 0.3) is 0 Å². The van der Waals surface area contributed by atoms with E-state index in [-0.39, 0.29) is 6.61 Å². The molecule has 0 heterocycles. The van der Waals surface area contributed by atoms with Gasteiger partial charge >= 0.3 is 5.97 Å². The molecule has 0 aromatic heterocycles. The number of rotatable bonds is 7. The second-order valence-corrected chi connectivity index (χ2v) is 5.86. The van der Waals surface area contributed by atoms with Crippen LogP contribution < -0.4 is 10.1 Å². The SMILES string of the molecule is CCOc1ccc(NC(=O)COC(=O)c2ccc(C(C)C)cc2)cc1. The molecule has 1 N–H and O–H groups in total. The smallest absolute Gasteiger partial charge is 0.338 e. The minimum Gasteiger partial charge on any atom is -0.494 e. The Bertz CT molecular complexity index is 705. The zero-order valence-electron chi connectivity index (χ0n) is 14.7. The third kappa shape index (κ3) is 5.64. The Morgan fingerprint density at radius 2 is 1.64 bits per heavy atom. The quantitative estimate of drug-likeness (QED) is 0.773. The van der Waals surface area contributed by atoms with Gasteiger partial charge in [-0.05, 0) is 54.8 Å². The van der Waals surface area contributed by atoms with Crippen molar-refractivity contribution in [2.24, 2.45) is 0 Å². The highest BCUT2D eigenvalue weighted by Gasteiger charge is 2.11. The van der Waals surface area contributed by atoms with Crippen molar-refractivity contribution in [2.45, 2.75) is 26.7 Å². The average molecular weight is 341 g/mol. The van der Waals surface area contributed by atoms with Gasteiger partial charge in [0.25, 0.3) is 5.91 Å². The van der Waals surface area contributed by atoms with E-state index in [2.05, 4.69) is 19.2 Å². The Morgan fingerprint density at radius 1 is 1.00 bits per heavy atom. The molecule has 0 aliphatic heterocycles. The molecule has 0 unspecified atom stereocenters. The molecule has 0 saturated heterocycles. The van der Waals surface area contributed by atoms with Crippen molar-refractivity contribution in [3.8, 4) is 5.75 Å². The van der Waals surface area contributed by atoms with Gasteiger partial charge in [0.05, 0.1) is 12.2 Å². The van der Waals surface area contributed by atoms with Crippen molar-refractivity contribution >= 4 is 17.6 Å². The molecule has 5 nitrogen and oxygen atoms in total. The zero-order valence-corrected chi connectivity index (χ0v) is 14.7. The summed E-state index contributed by atoms with van der Waals surface area (Å²) in [5.41, 5.74) is 2.19. The zero-order chi connectivity index (χ0) is 18.2. The van der Waals surface area contributed by atoms with Crippen LogP contribution in [0.3, 0.4) is 0 Å². The maximum atomic E-state index is 12.0. The minimum atomic E-state index is -0.517. The molecule has 0 atom stereocenters. The maximum Gasteiger partial charge on any atom is 0.338 e. The Morgan fingerprint density at radius 3 is 2.20 bits per heavy atom. The topological polar surface area (TPSA) is 64.6 Å². The summed E-state index contributed by atoms with van der Waals surface area (Å²) in [7, 11) is 0. The lowest BCUT2D eigenvalue weighted by molar-refractivity contribution is -0.119. The first-order chi connectivity index (χ1) is 12.0. The largest absolute Gasteiger partial charge is 0.494 e. The van der Waals surface area contributed by atoms with Crippen LogP contribution in [0.5, 0.6) is 5.75 Å². The normalized spacial score (nSPS) is 10.4.